The zero-order chi connectivity index (χ0) is 21.3. The summed E-state index contributed by atoms with van der Waals surface area (Å²) in [4.78, 5) is 37.1. The van der Waals surface area contributed by atoms with Gasteiger partial charge in [0.2, 0.25) is 0 Å². The van der Waals surface area contributed by atoms with Crippen LogP contribution < -0.4 is 10.6 Å². The highest BCUT2D eigenvalue weighted by molar-refractivity contribution is 6.04. The van der Waals surface area contributed by atoms with E-state index in [0.717, 1.165) is 31.2 Å². The van der Waals surface area contributed by atoms with Crippen LogP contribution in [-0.4, -0.2) is 37.5 Å². The summed E-state index contributed by atoms with van der Waals surface area (Å²) in [6, 6.07) is 13.8. The lowest BCUT2D eigenvalue weighted by Gasteiger charge is -2.15. The Kier molecular flexibility index (Phi) is 7.57. The number of esters is 1. The van der Waals surface area contributed by atoms with E-state index in [4.69, 9.17) is 9.47 Å². The van der Waals surface area contributed by atoms with Crippen molar-refractivity contribution < 1.29 is 23.9 Å². The molecule has 1 aliphatic rings. The van der Waals surface area contributed by atoms with Crippen molar-refractivity contribution in [2.75, 3.05) is 19.0 Å². The molecule has 0 heterocycles. The Labute approximate surface area is 175 Å². The molecule has 0 unspecified atom stereocenters. The number of nitrogens with one attached hydrogen (secondary N) is 2. The van der Waals surface area contributed by atoms with Gasteiger partial charge in [0, 0.05) is 13.2 Å². The maximum Gasteiger partial charge on any atom is 0.338 e. The van der Waals surface area contributed by atoms with Crippen LogP contribution in [0.25, 0.3) is 0 Å². The Morgan fingerprint density at radius 2 is 1.80 bits per heavy atom. The van der Waals surface area contributed by atoms with Crippen LogP contribution in [0, 0.1) is 0 Å². The van der Waals surface area contributed by atoms with E-state index < -0.39 is 18.5 Å². The fourth-order valence-electron chi connectivity index (χ4n) is 3.48. The minimum Gasteiger partial charge on any atom is -0.452 e. The summed E-state index contributed by atoms with van der Waals surface area (Å²) in [5, 5.41) is 5.67. The molecule has 158 valence electrons. The smallest absolute Gasteiger partial charge is 0.338 e. The first-order chi connectivity index (χ1) is 14.6. The summed E-state index contributed by atoms with van der Waals surface area (Å²) >= 11 is 0. The predicted molar refractivity (Wildman–Crippen MR) is 112 cm³/mol. The van der Waals surface area contributed by atoms with E-state index in [0.29, 0.717) is 23.4 Å². The lowest BCUT2D eigenvalue weighted by Crippen LogP contribution is -2.33. The summed E-state index contributed by atoms with van der Waals surface area (Å²) in [6.45, 7) is -0.0762. The molecule has 2 aromatic rings. The van der Waals surface area contributed by atoms with Gasteiger partial charge < -0.3 is 20.1 Å². The number of carbonyl (C=O) groups excluding carboxylic acids is 3. The van der Waals surface area contributed by atoms with Gasteiger partial charge in [-0.05, 0) is 42.7 Å². The molecule has 30 heavy (non-hydrogen) atoms. The van der Waals surface area contributed by atoms with Gasteiger partial charge in [0.25, 0.3) is 11.8 Å². The molecule has 1 fully saturated rings. The first kappa shape index (κ1) is 21.5. The second-order valence-corrected chi connectivity index (χ2v) is 7.26. The zero-order valence-corrected chi connectivity index (χ0v) is 17.0. The highest BCUT2D eigenvalue weighted by atomic mass is 16.5. The Hall–Kier alpha value is -3.19. The lowest BCUT2D eigenvalue weighted by molar-refractivity contribution is -0.119. The number of hydrogen-bond donors (Lipinski definition) is 2. The SMILES string of the molecule is COCc1cccc(C(=O)OCC(=O)Nc2ccccc2C(=O)NC2CCCC2)c1. The first-order valence-corrected chi connectivity index (χ1v) is 10.0. The van der Waals surface area contributed by atoms with Crippen LogP contribution in [0.5, 0.6) is 0 Å². The zero-order valence-electron chi connectivity index (χ0n) is 17.0. The van der Waals surface area contributed by atoms with Crippen LogP contribution in [0.4, 0.5) is 5.69 Å². The third-order valence-corrected chi connectivity index (χ3v) is 4.94. The second-order valence-electron chi connectivity index (χ2n) is 7.26. The first-order valence-electron chi connectivity index (χ1n) is 10.0. The average Bonchev–Trinajstić information content (AvgIpc) is 3.26. The molecule has 3 rings (SSSR count). The van der Waals surface area contributed by atoms with Crippen LogP contribution in [-0.2, 0) is 20.9 Å². The van der Waals surface area contributed by atoms with E-state index in [-0.39, 0.29) is 11.9 Å². The molecule has 7 nitrogen and oxygen atoms in total. The van der Waals surface area contributed by atoms with Gasteiger partial charge in [0.1, 0.15) is 0 Å². The van der Waals surface area contributed by atoms with Crippen LogP contribution in [0.1, 0.15) is 52.0 Å². The number of ether oxygens (including phenoxy) is 2. The highest BCUT2D eigenvalue weighted by Crippen LogP contribution is 2.20. The highest BCUT2D eigenvalue weighted by Gasteiger charge is 2.20. The number of benzene rings is 2. The van der Waals surface area contributed by atoms with Gasteiger partial charge in [-0.25, -0.2) is 4.79 Å². The molecule has 2 amide bonds. The second kappa shape index (κ2) is 10.5. The van der Waals surface area contributed by atoms with E-state index in [1.165, 1.54) is 0 Å². The molecule has 2 aromatic carbocycles. The molecule has 0 aliphatic heterocycles. The van der Waals surface area contributed by atoms with Crippen LogP contribution in [0.3, 0.4) is 0 Å². The van der Waals surface area contributed by atoms with Crippen molar-refractivity contribution in [3.8, 4) is 0 Å². The molecule has 0 spiro atoms. The monoisotopic (exact) mass is 410 g/mol. The fourth-order valence-corrected chi connectivity index (χ4v) is 3.48. The number of hydrogen-bond acceptors (Lipinski definition) is 5. The lowest BCUT2D eigenvalue weighted by atomic mass is 10.1. The van der Waals surface area contributed by atoms with E-state index >= 15 is 0 Å². The number of rotatable bonds is 8. The van der Waals surface area contributed by atoms with Gasteiger partial charge in [-0.15, -0.1) is 0 Å². The largest absolute Gasteiger partial charge is 0.452 e. The van der Waals surface area contributed by atoms with Crippen molar-refractivity contribution >= 4 is 23.5 Å². The summed E-state index contributed by atoms with van der Waals surface area (Å²) in [6.07, 6.45) is 4.18. The number of carbonyl (C=O) groups is 3. The minimum atomic E-state index is -0.602. The summed E-state index contributed by atoms with van der Waals surface area (Å²) in [5.41, 5.74) is 1.94. The summed E-state index contributed by atoms with van der Waals surface area (Å²) in [5.74, 6) is -1.34. The summed E-state index contributed by atoms with van der Waals surface area (Å²) < 4.78 is 10.2. The van der Waals surface area contributed by atoms with Gasteiger partial charge >= 0.3 is 5.97 Å². The van der Waals surface area contributed by atoms with Crippen LogP contribution in [0.15, 0.2) is 48.5 Å². The Bertz CT molecular complexity index is 906. The molecule has 0 bridgehead atoms. The van der Waals surface area contributed by atoms with E-state index in [9.17, 15) is 14.4 Å². The molecule has 0 atom stereocenters. The topological polar surface area (TPSA) is 93.7 Å². The van der Waals surface area contributed by atoms with Crippen molar-refractivity contribution in [1.82, 2.24) is 5.32 Å². The normalized spacial score (nSPS) is 13.6. The van der Waals surface area contributed by atoms with Crippen molar-refractivity contribution in [2.45, 2.75) is 38.3 Å². The molecule has 0 saturated heterocycles. The van der Waals surface area contributed by atoms with Crippen molar-refractivity contribution in [3.05, 3.63) is 65.2 Å². The Morgan fingerprint density at radius 3 is 2.57 bits per heavy atom. The van der Waals surface area contributed by atoms with Crippen molar-refractivity contribution in [1.29, 1.82) is 0 Å². The number of para-hydroxylation sites is 1. The standard InChI is InChI=1S/C23H26N2O5/c1-29-14-16-7-6-8-17(13-16)23(28)30-15-21(26)25-20-12-5-4-11-19(20)22(27)24-18-9-2-3-10-18/h4-8,11-13,18H,2-3,9-10,14-15H2,1H3,(H,24,27)(H,25,26). The maximum atomic E-state index is 12.6. The van der Waals surface area contributed by atoms with Gasteiger partial charge in [0.05, 0.1) is 23.4 Å². The molecular formula is C23H26N2O5. The Morgan fingerprint density at radius 1 is 1.03 bits per heavy atom. The molecule has 0 radical (unpaired) electrons. The predicted octanol–water partition coefficient (Wildman–Crippen LogP) is 3.30. The molecule has 1 saturated carbocycles. The van der Waals surface area contributed by atoms with Crippen molar-refractivity contribution in [2.24, 2.45) is 0 Å². The number of methoxy groups -OCH3 is 1. The van der Waals surface area contributed by atoms with Gasteiger partial charge in [-0.2, -0.15) is 0 Å². The molecule has 0 aromatic heterocycles. The maximum absolute atomic E-state index is 12.6. The summed E-state index contributed by atoms with van der Waals surface area (Å²) in [7, 11) is 1.57. The molecule has 7 heteroatoms. The molecule has 1 aliphatic carbocycles. The van der Waals surface area contributed by atoms with E-state index in [2.05, 4.69) is 10.6 Å². The minimum absolute atomic E-state index is 0.177. The Balaban J connectivity index is 1.56. The van der Waals surface area contributed by atoms with Gasteiger partial charge in [-0.3, -0.25) is 9.59 Å². The van der Waals surface area contributed by atoms with Crippen LogP contribution >= 0.6 is 0 Å². The number of anilines is 1. The van der Waals surface area contributed by atoms with E-state index in [1.54, 1.807) is 49.6 Å². The molecule has 2 N–H and O–H groups in total. The third-order valence-electron chi connectivity index (χ3n) is 4.94. The molecular weight excluding hydrogens is 384 g/mol. The number of amides is 2. The third kappa shape index (κ3) is 5.90. The quantitative estimate of drug-likeness (QED) is 0.652. The van der Waals surface area contributed by atoms with E-state index in [1.807, 2.05) is 6.07 Å². The van der Waals surface area contributed by atoms with Gasteiger partial charge in [-0.1, -0.05) is 37.1 Å². The van der Waals surface area contributed by atoms with Crippen molar-refractivity contribution in [3.63, 3.8) is 0 Å². The fraction of sp³-hybridized carbons (Fsp3) is 0.348. The average molecular weight is 410 g/mol. The van der Waals surface area contributed by atoms with Gasteiger partial charge in [0.15, 0.2) is 6.61 Å². The van der Waals surface area contributed by atoms with Crippen LogP contribution in [0.2, 0.25) is 0 Å².